The van der Waals surface area contributed by atoms with Crippen molar-refractivity contribution in [2.24, 2.45) is 0 Å². The topological polar surface area (TPSA) is 66.9 Å². The van der Waals surface area contributed by atoms with Crippen LogP contribution in [0.5, 0.6) is 0 Å². The van der Waals surface area contributed by atoms with Crippen molar-refractivity contribution >= 4 is 23.2 Å². The van der Waals surface area contributed by atoms with Gasteiger partial charge in [-0.3, -0.25) is 4.79 Å². The van der Waals surface area contributed by atoms with Crippen molar-refractivity contribution in [2.75, 3.05) is 10.6 Å². The van der Waals surface area contributed by atoms with Crippen molar-refractivity contribution in [2.45, 2.75) is 34.1 Å². The van der Waals surface area contributed by atoms with Gasteiger partial charge in [-0.15, -0.1) is 0 Å². The number of amides is 1. The van der Waals surface area contributed by atoms with Crippen molar-refractivity contribution in [1.29, 1.82) is 0 Å². The van der Waals surface area contributed by atoms with E-state index in [4.69, 9.17) is 0 Å². The van der Waals surface area contributed by atoms with Crippen LogP contribution in [0.4, 0.5) is 17.3 Å². The number of aryl methyl sites for hydroxylation is 4. The summed E-state index contributed by atoms with van der Waals surface area (Å²) in [5.74, 6) is 0.168. The predicted octanol–water partition coefficient (Wildman–Crippen LogP) is 4.96. The van der Waals surface area contributed by atoms with E-state index >= 15 is 0 Å². The van der Waals surface area contributed by atoms with E-state index < -0.39 is 0 Å². The van der Waals surface area contributed by atoms with Crippen LogP contribution in [0.3, 0.4) is 0 Å². The maximum atomic E-state index is 12.6. The fourth-order valence-corrected chi connectivity index (χ4v) is 2.89. The minimum atomic E-state index is -0.257. The highest BCUT2D eigenvalue weighted by Crippen LogP contribution is 2.24. The Hall–Kier alpha value is -3.21. The SMILES string of the molecule is CCc1cccc(C)c1Nc1nc(C)cc(C(=O)Nc2ccc(C)cc2)n1. The Labute approximate surface area is 159 Å². The van der Waals surface area contributed by atoms with Gasteiger partial charge in [-0.25, -0.2) is 9.97 Å². The molecule has 1 heterocycles. The second-order valence-corrected chi connectivity index (χ2v) is 6.63. The van der Waals surface area contributed by atoms with Crippen LogP contribution in [-0.4, -0.2) is 15.9 Å². The highest BCUT2D eigenvalue weighted by atomic mass is 16.1. The van der Waals surface area contributed by atoms with Crippen molar-refractivity contribution < 1.29 is 4.79 Å². The number of nitrogens with one attached hydrogen (secondary N) is 2. The fraction of sp³-hybridized carbons (Fsp3) is 0.227. The summed E-state index contributed by atoms with van der Waals surface area (Å²) in [5.41, 5.74) is 6.24. The Morgan fingerprint density at radius 3 is 2.44 bits per heavy atom. The quantitative estimate of drug-likeness (QED) is 0.675. The van der Waals surface area contributed by atoms with Gasteiger partial charge in [0.1, 0.15) is 5.69 Å². The van der Waals surface area contributed by atoms with E-state index in [-0.39, 0.29) is 5.91 Å². The molecule has 0 spiro atoms. The summed E-state index contributed by atoms with van der Waals surface area (Å²) in [6.07, 6.45) is 0.899. The third-order valence-corrected chi connectivity index (χ3v) is 4.37. The Morgan fingerprint density at radius 2 is 1.74 bits per heavy atom. The first-order valence-electron chi connectivity index (χ1n) is 9.05. The van der Waals surface area contributed by atoms with Gasteiger partial charge >= 0.3 is 0 Å². The summed E-state index contributed by atoms with van der Waals surface area (Å²) in [4.78, 5) is 21.5. The summed E-state index contributed by atoms with van der Waals surface area (Å²) in [6.45, 7) is 8.02. The van der Waals surface area contributed by atoms with Gasteiger partial charge in [0.15, 0.2) is 0 Å². The van der Waals surface area contributed by atoms with Crippen LogP contribution in [0.2, 0.25) is 0 Å². The molecule has 0 unspecified atom stereocenters. The number of hydrogen-bond donors (Lipinski definition) is 2. The van der Waals surface area contributed by atoms with Crippen LogP contribution in [-0.2, 0) is 6.42 Å². The zero-order chi connectivity index (χ0) is 19.4. The molecule has 5 heteroatoms. The number of hydrogen-bond acceptors (Lipinski definition) is 4. The molecule has 2 aromatic carbocycles. The summed E-state index contributed by atoms with van der Waals surface area (Å²) < 4.78 is 0. The number of anilines is 3. The molecule has 27 heavy (non-hydrogen) atoms. The molecular weight excluding hydrogens is 336 g/mol. The van der Waals surface area contributed by atoms with Crippen molar-refractivity contribution in [3.8, 4) is 0 Å². The zero-order valence-corrected chi connectivity index (χ0v) is 16.1. The highest BCUT2D eigenvalue weighted by molar-refractivity contribution is 6.03. The van der Waals surface area contributed by atoms with Crippen LogP contribution in [0.15, 0.2) is 48.5 Å². The summed E-state index contributed by atoms with van der Waals surface area (Å²) >= 11 is 0. The molecule has 0 aliphatic carbocycles. The van der Waals surface area contributed by atoms with Gasteiger partial charge < -0.3 is 10.6 Å². The van der Waals surface area contributed by atoms with Gasteiger partial charge in [-0.2, -0.15) is 0 Å². The van der Waals surface area contributed by atoms with E-state index in [0.717, 1.165) is 34.6 Å². The number of rotatable bonds is 5. The molecule has 0 radical (unpaired) electrons. The summed E-state index contributed by atoms with van der Waals surface area (Å²) in [6, 6.07) is 15.5. The Kier molecular flexibility index (Phi) is 5.50. The monoisotopic (exact) mass is 360 g/mol. The van der Waals surface area contributed by atoms with Gasteiger partial charge in [0, 0.05) is 17.1 Å². The molecule has 0 aliphatic heterocycles. The van der Waals surface area contributed by atoms with Gasteiger partial charge in [0.2, 0.25) is 5.95 Å². The lowest BCUT2D eigenvalue weighted by molar-refractivity contribution is 0.102. The van der Waals surface area contributed by atoms with E-state index in [1.54, 1.807) is 6.07 Å². The second kappa shape index (κ2) is 7.99. The molecular formula is C22H24N4O. The average Bonchev–Trinajstić information content (AvgIpc) is 2.65. The number of para-hydroxylation sites is 1. The van der Waals surface area contributed by atoms with Gasteiger partial charge in [-0.1, -0.05) is 42.8 Å². The maximum absolute atomic E-state index is 12.6. The smallest absolute Gasteiger partial charge is 0.274 e. The van der Waals surface area contributed by atoms with Crippen molar-refractivity contribution in [1.82, 2.24) is 9.97 Å². The van der Waals surface area contributed by atoms with E-state index in [0.29, 0.717) is 11.6 Å². The van der Waals surface area contributed by atoms with E-state index in [2.05, 4.69) is 33.6 Å². The number of nitrogens with zero attached hydrogens (tertiary/aromatic N) is 2. The van der Waals surface area contributed by atoms with Gasteiger partial charge in [-0.05, 0) is 56.5 Å². The lowest BCUT2D eigenvalue weighted by atomic mass is 10.1. The lowest BCUT2D eigenvalue weighted by Crippen LogP contribution is -2.15. The van der Waals surface area contributed by atoms with Crippen LogP contribution in [0.1, 0.15) is 39.8 Å². The number of benzene rings is 2. The molecule has 1 aromatic heterocycles. The molecule has 3 rings (SSSR count). The number of aromatic nitrogens is 2. The molecule has 0 bridgehead atoms. The zero-order valence-electron chi connectivity index (χ0n) is 16.1. The first-order valence-corrected chi connectivity index (χ1v) is 9.05. The second-order valence-electron chi connectivity index (χ2n) is 6.63. The van der Waals surface area contributed by atoms with E-state index in [9.17, 15) is 4.79 Å². The first kappa shape index (κ1) is 18.6. The minimum absolute atomic E-state index is 0.257. The molecule has 3 aromatic rings. The predicted molar refractivity (Wildman–Crippen MR) is 110 cm³/mol. The third-order valence-electron chi connectivity index (χ3n) is 4.37. The molecule has 5 nitrogen and oxygen atoms in total. The standard InChI is InChI=1S/C22H24N4O/c1-5-17-8-6-7-15(3)20(17)26-22-23-16(4)13-19(25-22)21(27)24-18-11-9-14(2)10-12-18/h6-13H,5H2,1-4H3,(H,24,27)(H,23,25,26). The fourth-order valence-electron chi connectivity index (χ4n) is 2.89. The van der Waals surface area contributed by atoms with Crippen molar-refractivity contribution in [3.05, 3.63) is 76.6 Å². The Bertz CT molecular complexity index is 965. The molecule has 1 amide bonds. The maximum Gasteiger partial charge on any atom is 0.274 e. The summed E-state index contributed by atoms with van der Waals surface area (Å²) in [7, 11) is 0. The van der Waals surface area contributed by atoms with E-state index in [1.165, 1.54) is 5.56 Å². The average molecular weight is 360 g/mol. The first-order chi connectivity index (χ1) is 13.0. The molecule has 138 valence electrons. The molecule has 2 N–H and O–H groups in total. The normalized spacial score (nSPS) is 10.5. The molecule has 0 atom stereocenters. The Morgan fingerprint density at radius 1 is 1.00 bits per heavy atom. The summed E-state index contributed by atoms with van der Waals surface area (Å²) in [5, 5.41) is 6.18. The van der Waals surface area contributed by atoms with Crippen molar-refractivity contribution in [3.63, 3.8) is 0 Å². The third kappa shape index (κ3) is 4.50. The molecule has 0 saturated heterocycles. The molecule has 0 saturated carbocycles. The van der Waals surface area contributed by atoms with Gasteiger partial charge in [0.05, 0.1) is 0 Å². The number of carbonyl (C=O) groups excluding carboxylic acids is 1. The lowest BCUT2D eigenvalue weighted by Gasteiger charge is -2.14. The van der Waals surface area contributed by atoms with Crippen LogP contribution in [0, 0.1) is 20.8 Å². The molecule has 0 fully saturated rings. The van der Waals surface area contributed by atoms with Crippen LogP contribution >= 0.6 is 0 Å². The Balaban J connectivity index is 1.86. The molecule has 0 aliphatic rings. The van der Waals surface area contributed by atoms with E-state index in [1.807, 2.05) is 57.2 Å². The highest BCUT2D eigenvalue weighted by Gasteiger charge is 2.13. The van der Waals surface area contributed by atoms with Crippen LogP contribution in [0.25, 0.3) is 0 Å². The van der Waals surface area contributed by atoms with Crippen LogP contribution < -0.4 is 10.6 Å². The number of carbonyl (C=O) groups is 1. The van der Waals surface area contributed by atoms with Gasteiger partial charge in [0.25, 0.3) is 5.91 Å². The minimum Gasteiger partial charge on any atom is -0.324 e. The largest absolute Gasteiger partial charge is 0.324 e.